The second kappa shape index (κ2) is 5.43. The number of nitrogens with zero attached hydrogens (tertiary/aromatic N) is 2. The minimum atomic E-state index is 0.394. The smallest absolute Gasteiger partial charge is 0.247 e. The Labute approximate surface area is 117 Å². The topological polar surface area (TPSA) is 51.0 Å². The van der Waals surface area contributed by atoms with Crippen LogP contribution in [0.25, 0.3) is 22.2 Å². The standard InChI is InChI=1S/C16H17N3O/c1-11(2)17-10-15-18-19-16(20-15)14-8-7-12-5-3-4-6-13(12)9-14/h3-9,11,17H,10H2,1-2H3. The van der Waals surface area contributed by atoms with Crippen molar-refractivity contribution in [2.24, 2.45) is 0 Å². The van der Waals surface area contributed by atoms with Gasteiger partial charge in [0.15, 0.2) is 0 Å². The van der Waals surface area contributed by atoms with E-state index in [-0.39, 0.29) is 0 Å². The Kier molecular flexibility index (Phi) is 3.48. The van der Waals surface area contributed by atoms with Gasteiger partial charge in [0.25, 0.3) is 0 Å². The molecule has 0 aliphatic heterocycles. The van der Waals surface area contributed by atoms with Gasteiger partial charge in [0, 0.05) is 11.6 Å². The van der Waals surface area contributed by atoms with Gasteiger partial charge in [0.2, 0.25) is 11.8 Å². The number of rotatable bonds is 4. The van der Waals surface area contributed by atoms with Crippen molar-refractivity contribution < 1.29 is 4.42 Å². The largest absolute Gasteiger partial charge is 0.419 e. The zero-order valence-corrected chi connectivity index (χ0v) is 11.6. The Morgan fingerprint density at radius 3 is 2.65 bits per heavy atom. The van der Waals surface area contributed by atoms with Gasteiger partial charge < -0.3 is 9.73 Å². The van der Waals surface area contributed by atoms with Gasteiger partial charge in [-0.2, -0.15) is 0 Å². The van der Waals surface area contributed by atoms with E-state index in [9.17, 15) is 0 Å². The van der Waals surface area contributed by atoms with E-state index in [4.69, 9.17) is 4.42 Å². The summed E-state index contributed by atoms with van der Waals surface area (Å²) in [4.78, 5) is 0. The van der Waals surface area contributed by atoms with E-state index in [2.05, 4.69) is 53.6 Å². The van der Waals surface area contributed by atoms with Crippen LogP contribution in [0.2, 0.25) is 0 Å². The van der Waals surface area contributed by atoms with Crippen LogP contribution in [0.15, 0.2) is 46.9 Å². The quantitative estimate of drug-likeness (QED) is 0.787. The molecule has 2 aromatic carbocycles. The summed E-state index contributed by atoms with van der Waals surface area (Å²) >= 11 is 0. The van der Waals surface area contributed by atoms with Crippen molar-refractivity contribution in [3.8, 4) is 11.5 Å². The molecule has 0 spiro atoms. The molecule has 1 N–H and O–H groups in total. The fourth-order valence-corrected chi connectivity index (χ4v) is 2.06. The first-order chi connectivity index (χ1) is 9.72. The lowest BCUT2D eigenvalue weighted by Gasteiger charge is -2.03. The van der Waals surface area contributed by atoms with Gasteiger partial charge in [0.1, 0.15) is 0 Å². The lowest BCUT2D eigenvalue weighted by Crippen LogP contribution is -2.21. The maximum Gasteiger partial charge on any atom is 0.247 e. The molecule has 0 atom stereocenters. The van der Waals surface area contributed by atoms with E-state index in [1.54, 1.807) is 0 Å². The molecule has 20 heavy (non-hydrogen) atoms. The molecular weight excluding hydrogens is 250 g/mol. The highest BCUT2D eigenvalue weighted by Gasteiger charge is 2.09. The van der Waals surface area contributed by atoms with Crippen molar-refractivity contribution in [1.29, 1.82) is 0 Å². The first-order valence-corrected chi connectivity index (χ1v) is 6.77. The van der Waals surface area contributed by atoms with Crippen LogP contribution in [0.3, 0.4) is 0 Å². The van der Waals surface area contributed by atoms with Crippen LogP contribution in [0.5, 0.6) is 0 Å². The summed E-state index contributed by atoms with van der Waals surface area (Å²) in [5.41, 5.74) is 0.951. The second-order valence-electron chi connectivity index (χ2n) is 5.10. The van der Waals surface area contributed by atoms with Crippen molar-refractivity contribution >= 4 is 10.8 Å². The van der Waals surface area contributed by atoms with Gasteiger partial charge in [-0.05, 0) is 22.9 Å². The summed E-state index contributed by atoms with van der Waals surface area (Å²) in [6, 6.07) is 14.8. The molecule has 0 saturated carbocycles. The molecule has 0 bridgehead atoms. The van der Waals surface area contributed by atoms with E-state index in [0.717, 1.165) is 5.56 Å². The second-order valence-corrected chi connectivity index (χ2v) is 5.10. The van der Waals surface area contributed by atoms with Crippen LogP contribution in [-0.4, -0.2) is 16.2 Å². The van der Waals surface area contributed by atoms with Crippen molar-refractivity contribution in [1.82, 2.24) is 15.5 Å². The first kappa shape index (κ1) is 12.8. The molecule has 0 saturated heterocycles. The average Bonchev–Trinajstić information content (AvgIpc) is 2.93. The molecule has 4 heteroatoms. The van der Waals surface area contributed by atoms with Gasteiger partial charge >= 0.3 is 0 Å². The Hall–Kier alpha value is -2.20. The van der Waals surface area contributed by atoms with Gasteiger partial charge in [-0.3, -0.25) is 0 Å². The summed E-state index contributed by atoms with van der Waals surface area (Å²) in [6.07, 6.45) is 0. The number of hydrogen-bond donors (Lipinski definition) is 1. The minimum Gasteiger partial charge on any atom is -0.419 e. The molecule has 0 aliphatic carbocycles. The first-order valence-electron chi connectivity index (χ1n) is 6.77. The maximum atomic E-state index is 5.68. The molecule has 4 nitrogen and oxygen atoms in total. The van der Waals surface area contributed by atoms with Gasteiger partial charge in [0.05, 0.1) is 6.54 Å². The Morgan fingerprint density at radius 2 is 1.85 bits per heavy atom. The fraction of sp³-hybridized carbons (Fsp3) is 0.250. The molecule has 3 rings (SSSR count). The number of nitrogens with one attached hydrogen (secondary N) is 1. The highest BCUT2D eigenvalue weighted by molar-refractivity contribution is 5.86. The molecular formula is C16H17N3O. The summed E-state index contributed by atoms with van der Waals surface area (Å²) in [6.45, 7) is 4.76. The fourth-order valence-electron chi connectivity index (χ4n) is 2.06. The summed E-state index contributed by atoms with van der Waals surface area (Å²) < 4.78 is 5.68. The maximum absolute atomic E-state index is 5.68. The molecule has 1 aromatic heterocycles. The van der Waals surface area contributed by atoms with Gasteiger partial charge in [-0.25, -0.2) is 0 Å². The number of benzene rings is 2. The highest BCUT2D eigenvalue weighted by atomic mass is 16.4. The third-order valence-electron chi connectivity index (χ3n) is 3.12. The molecule has 0 fully saturated rings. The minimum absolute atomic E-state index is 0.394. The zero-order valence-electron chi connectivity index (χ0n) is 11.6. The number of hydrogen-bond acceptors (Lipinski definition) is 4. The SMILES string of the molecule is CC(C)NCc1nnc(-c2ccc3ccccc3c2)o1. The molecule has 3 aromatic rings. The molecule has 0 aliphatic rings. The van der Waals surface area contributed by atoms with E-state index in [1.807, 2.05) is 18.2 Å². The van der Waals surface area contributed by atoms with Crippen molar-refractivity contribution in [2.45, 2.75) is 26.4 Å². The lowest BCUT2D eigenvalue weighted by molar-refractivity contribution is 0.459. The summed E-state index contributed by atoms with van der Waals surface area (Å²) in [7, 11) is 0. The number of aromatic nitrogens is 2. The molecule has 0 amide bonds. The highest BCUT2D eigenvalue weighted by Crippen LogP contribution is 2.23. The molecule has 0 radical (unpaired) electrons. The van der Waals surface area contributed by atoms with Crippen LogP contribution < -0.4 is 5.32 Å². The van der Waals surface area contributed by atoms with Crippen LogP contribution in [0.4, 0.5) is 0 Å². The Morgan fingerprint density at radius 1 is 1.05 bits per heavy atom. The van der Waals surface area contributed by atoms with Gasteiger partial charge in [-0.1, -0.05) is 44.2 Å². The molecule has 1 heterocycles. The zero-order chi connectivity index (χ0) is 13.9. The van der Waals surface area contributed by atoms with Crippen LogP contribution in [0, 0.1) is 0 Å². The van der Waals surface area contributed by atoms with Crippen LogP contribution in [-0.2, 0) is 6.54 Å². The van der Waals surface area contributed by atoms with E-state index < -0.39 is 0 Å². The monoisotopic (exact) mass is 267 g/mol. The third kappa shape index (κ3) is 2.70. The Bertz CT molecular complexity index is 718. The van der Waals surface area contributed by atoms with E-state index >= 15 is 0 Å². The summed E-state index contributed by atoms with van der Waals surface area (Å²) in [5.74, 6) is 1.18. The van der Waals surface area contributed by atoms with Crippen LogP contribution >= 0.6 is 0 Å². The normalized spacial score (nSPS) is 11.3. The van der Waals surface area contributed by atoms with Crippen LogP contribution in [0.1, 0.15) is 19.7 Å². The van der Waals surface area contributed by atoms with Crippen molar-refractivity contribution in [2.75, 3.05) is 0 Å². The van der Waals surface area contributed by atoms with Crippen molar-refractivity contribution in [3.05, 3.63) is 48.4 Å². The van der Waals surface area contributed by atoms with Gasteiger partial charge in [-0.15, -0.1) is 10.2 Å². The lowest BCUT2D eigenvalue weighted by atomic mass is 10.1. The van der Waals surface area contributed by atoms with E-state index in [0.29, 0.717) is 24.4 Å². The molecule has 0 unspecified atom stereocenters. The van der Waals surface area contributed by atoms with Crippen molar-refractivity contribution in [3.63, 3.8) is 0 Å². The predicted octanol–water partition coefficient (Wildman–Crippen LogP) is 3.39. The summed E-state index contributed by atoms with van der Waals surface area (Å²) in [5, 5.41) is 13.8. The average molecular weight is 267 g/mol. The van der Waals surface area contributed by atoms with E-state index in [1.165, 1.54) is 10.8 Å². The number of fused-ring (bicyclic) bond motifs is 1. The predicted molar refractivity (Wildman–Crippen MR) is 79.2 cm³/mol. The third-order valence-corrected chi connectivity index (χ3v) is 3.12. The Balaban J connectivity index is 1.87. The molecule has 102 valence electrons.